The van der Waals surface area contributed by atoms with Crippen LogP contribution in [-0.2, 0) is 28.6 Å². The molecule has 0 rings (SSSR count). The monoisotopic (exact) mass is 941 g/mol. The van der Waals surface area contributed by atoms with Gasteiger partial charge in [-0.25, -0.2) is 0 Å². The molecule has 67 heavy (non-hydrogen) atoms. The Morgan fingerprint density at radius 2 is 0.537 bits per heavy atom. The standard InChI is InChI=1S/C61H112O6/c1-4-7-10-13-15-17-19-21-23-25-27-29-30-32-33-35-37-39-41-43-45-48-51-54-60(63)66-57-58(56-65-59(62)53-50-47-12-9-6-3)67-61(64)55-52-49-46-44-42-40-38-36-34-31-28-26-24-22-20-18-16-14-11-8-5-2/h20,22,26,28,34,36,58H,4-19,21,23-25,27,29-33,35,37-57H2,1-3H3/b22-20-,28-26-,36-34-. The summed E-state index contributed by atoms with van der Waals surface area (Å²) in [6.07, 6.45) is 67.6. The van der Waals surface area contributed by atoms with Crippen molar-refractivity contribution in [2.24, 2.45) is 0 Å². The summed E-state index contributed by atoms with van der Waals surface area (Å²) >= 11 is 0. The molecule has 0 bridgehead atoms. The zero-order valence-electron chi connectivity index (χ0n) is 44.9. The minimum atomic E-state index is -0.773. The van der Waals surface area contributed by atoms with Gasteiger partial charge in [0, 0.05) is 19.3 Å². The van der Waals surface area contributed by atoms with Crippen molar-refractivity contribution >= 4 is 17.9 Å². The molecular formula is C61H112O6. The Labute approximate surface area is 416 Å². The number of carbonyl (C=O) groups is 3. The highest BCUT2D eigenvalue weighted by molar-refractivity contribution is 5.71. The van der Waals surface area contributed by atoms with Gasteiger partial charge < -0.3 is 14.2 Å². The van der Waals surface area contributed by atoms with Crippen molar-refractivity contribution in [1.82, 2.24) is 0 Å². The van der Waals surface area contributed by atoms with Gasteiger partial charge in [0.15, 0.2) is 6.10 Å². The van der Waals surface area contributed by atoms with Gasteiger partial charge in [-0.3, -0.25) is 14.4 Å². The number of hydrogen-bond acceptors (Lipinski definition) is 6. The molecule has 6 nitrogen and oxygen atoms in total. The molecule has 392 valence electrons. The van der Waals surface area contributed by atoms with Crippen molar-refractivity contribution in [3.8, 4) is 0 Å². The number of unbranched alkanes of at least 4 members (excludes halogenated alkanes) is 37. The summed E-state index contributed by atoms with van der Waals surface area (Å²) < 4.78 is 16.7. The second-order valence-electron chi connectivity index (χ2n) is 19.9. The van der Waals surface area contributed by atoms with E-state index in [0.29, 0.717) is 19.3 Å². The fraction of sp³-hybridized carbons (Fsp3) is 0.852. The number of hydrogen-bond donors (Lipinski definition) is 0. The normalized spacial score (nSPS) is 12.2. The van der Waals surface area contributed by atoms with Gasteiger partial charge in [0.05, 0.1) is 0 Å². The third-order valence-corrected chi connectivity index (χ3v) is 13.1. The van der Waals surface area contributed by atoms with Crippen molar-refractivity contribution in [1.29, 1.82) is 0 Å². The zero-order chi connectivity index (χ0) is 48.6. The molecule has 0 saturated carbocycles. The minimum absolute atomic E-state index is 0.0743. The third kappa shape index (κ3) is 54.4. The Balaban J connectivity index is 4.07. The number of ether oxygens (including phenoxy) is 3. The van der Waals surface area contributed by atoms with Crippen LogP contribution in [-0.4, -0.2) is 37.2 Å². The van der Waals surface area contributed by atoms with Crippen LogP contribution in [0.3, 0.4) is 0 Å². The Bertz CT molecular complexity index is 1130. The SMILES string of the molecule is CCCCCCC/C=C\C/C=C\C/C=C\CCCCCCCCC(=O)OC(COC(=O)CCCCCCC)COC(=O)CCCCCCCCCCCCCCCCCCCCCCCCC. The molecule has 0 aromatic heterocycles. The molecule has 0 N–H and O–H groups in total. The zero-order valence-corrected chi connectivity index (χ0v) is 44.9. The second kappa shape index (κ2) is 56.2. The lowest BCUT2D eigenvalue weighted by molar-refractivity contribution is -0.167. The molecule has 0 aliphatic heterocycles. The predicted octanol–water partition coefficient (Wildman–Crippen LogP) is 19.7. The lowest BCUT2D eigenvalue weighted by Crippen LogP contribution is -2.30. The van der Waals surface area contributed by atoms with Gasteiger partial charge >= 0.3 is 17.9 Å². The largest absolute Gasteiger partial charge is 0.462 e. The van der Waals surface area contributed by atoms with Crippen molar-refractivity contribution < 1.29 is 28.6 Å². The quantitative estimate of drug-likeness (QED) is 0.0262. The highest BCUT2D eigenvalue weighted by Crippen LogP contribution is 2.17. The molecule has 1 atom stereocenters. The number of rotatable bonds is 54. The van der Waals surface area contributed by atoms with Gasteiger partial charge in [0.25, 0.3) is 0 Å². The summed E-state index contributed by atoms with van der Waals surface area (Å²) in [5, 5.41) is 0. The maximum atomic E-state index is 12.8. The van der Waals surface area contributed by atoms with Gasteiger partial charge in [-0.1, -0.05) is 276 Å². The third-order valence-electron chi connectivity index (χ3n) is 13.1. The highest BCUT2D eigenvalue weighted by atomic mass is 16.6. The molecule has 0 fully saturated rings. The van der Waals surface area contributed by atoms with E-state index >= 15 is 0 Å². The van der Waals surface area contributed by atoms with E-state index in [1.165, 1.54) is 193 Å². The van der Waals surface area contributed by atoms with Crippen LogP contribution >= 0.6 is 0 Å². The number of esters is 3. The van der Waals surface area contributed by atoms with Crippen LogP contribution in [0.25, 0.3) is 0 Å². The fourth-order valence-corrected chi connectivity index (χ4v) is 8.69. The van der Waals surface area contributed by atoms with Gasteiger partial charge in [-0.05, 0) is 57.8 Å². The van der Waals surface area contributed by atoms with E-state index in [1.807, 2.05) is 0 Å². The first kappa shape index (κ1) is 64.6. The molecule has 0 aliphatic carbocycles. The Morgan fingerprint density at radius 1 is 0.299 bits per heavy atom. The van der Waals surface area contributed by atoms with E-state index in [2.05, 4.69) is 57.2 Å². The van der Waals surface area contributed by atoms with Gasteiger partial charge in [0.2, 0.25) is 0 Å². The van der Waals surface area contributed by atoms with E-state index in [9.17, 15) is 14.4 Å². The van der Waals surface area contributed by atoms with Crippen molar-refractivity contribution in [2.45, 2.75) is 322 Å². The van der Waals surface area contributed by atoms with E-state index in [1.54, 1.807) is 0 Å². The smallest absolute Gasteiger partial charge is 0.306 e. The molecule has 6 heteroatoms. The number of carbonyl (C=O) groups excluding carboxylic acids is 3. The molecule has 0 aromatic carbocycles. The first-order valence-electron chi connectivity index (χ1n) is 29.5. The molecule has 0 aromatic rings. The van der Waals surface area contributed by atoms with E-state index in [4.69, 9.17) is 14.2 Å². The summed E-state index contributed by atoms with van der Waals surface area (Å²) in [6.45, 7) is 6.58. The van der Waals surface area contributed by atoms with Crippen LogP contribution in [0.5, 0.6) is 0 Å². The van der Waals surface area contributed by atoms with Crippen LogP contribution in [0.15, 0.2) is 36.5 Å². The van der Waals surface area contributed by atoms with Crippen LogP contribution < -0.4 is 0 Å². The highest BCUT2D eigenvalue weighted by Gasteiger charge is 2.19. The van der Waals surface area contributed by atoms with E-state index in [0.717, 1.165) is 83.5 Å². The first-order chi connectivity index (χ1) is 33.0. The Kier molecular flexibility index (Phi) is 54.2. The van der Waals surface area contributed by atoms with Crippen molar-refractivity contribution in [3.05, 3.63) is 36.5 Å². The summed E-state index contributed by atoms with van der Waals surface area (Å²) in [5.41, 5.74) is 0. The van der Waals surface area contributed by atoms with Crippen molar-refractivity contribution in [3.63, 3.8) is 0 Å². The number of allylic oxidation sites excluding steroid dienone is 6. The van der Waals surface area contributed by atoms with Crippen LogP contribution in [0.1, 0.15) is 316 Å². The van der Waals surface area contributed by atoms with Crippen LogP contribution in [0.2, 0.25) is 0 Å². The average Bonchev–Trinajstić information content (AvgIpc) is 3.33. The van der Waals surface area contributed by atoms with Crippen LogP contribution in [0, 0.1) is 0 Å². The van der Waals surface area contributed by atoms with Gasteiger partial charge in [-0.2, -0.15) is 0 Å². The minimum Gasteiger partial charge on any atom is -0.462 e. The van der Waals surface area contributed by atoms with Crippen LogP contribution in [0.4, 0.5) is 0 Å². The first-order valence-corrected chi connectivity index (χ1v) is 29.5. The Hall–Kier alpha value is -2.37. The second-order valence-corrected chi connectivity index (χ2v) is 19.9. The molecule has 0 amide bonds. The predicted molar refractivity (Wildman–Crippen MR) is 289 cm³/mol. The van der Waals surface area contributed by atoms with Crippen molar-refractivity contribution in [2.75, 3.05) is 13.2 Å². The van der Waals surface area contributed by atoms with E-state index in [-0.39, 0.29) is 31.1 Å². The molecule has 0 heterocycles. The van der Waals surface area contributed by atoms with E-state index < -0.39 is 6.10 Å². The molecule has 1 unspecified atom stereocenters. The summed E-state index contributed by atoms with van der Waals surface area (Å²) in [7, 11) is 0. The molecule has 0 aliphatic rings. The molecule has 0 saturated heterocycles. The van der Waals surface area contributed by atoms with Gasteiger partial charge in [-0.15, -0.1) is 0 Å². The fourth-order valence-electron chi connectivity index (χ4n) is 8.69. The molecular weight excluding hydrogens is 829 g/mol. The molecule has 0 spiro atoms. The summed E-state index contributed by atoms with van der Waals surface area (Å²) in [4.78, 5) is 37.8. The average molecular weight is 942 g/mol. The summed E-state index contributed by atoms with van der Waals surface area (Å²) in [6, 6.07) is 0. The lowest BCUT2D eigenvalue weighted by Gasteiger charge is -2.18. The summed E-state index contributed by atoms with van der Waals surface area (Å²) in [5.74, 6) is -0.885. The maximum absolute atomic E-state index is 12.8. The maximum Gasteiger partial charge on any atom is 0.306 e. The lowest BCUT2D eigenvalue weighted by atomic mass is 10.0. The Morgan fingerprint density at radius 3 is 0.836 bits per heavy atom. The topological polar surface area (TPSA) is 78.9 Å². The van der Waals surface area contributed by atoms with Gasteiger partial charge in [0.1, 0.15) is 13.2 Å². The molecule has 0 radical (unpaired) electrons.